The van der Waals surface area contributed by atoms with E-state index in [4.69, 9.17) is 44.6 Å². The highest BCUT2D eigenvalue weighted by Crippen LogP contribution is 2.21. The average Bonchev–Trinajstić information content (AvgIpc) is 3.38. The molecule has 0 aliphatic heterocycles. The van der Waals surface area contributed by atoms with Gasteiger partial charge in [-0.3, -0.25) is 54.2 Å². The highest BCUT2D eigenvalue weighted by Gasteiger charge is 2.07. The fourth-order valence-corrected chi connectivity index (χ4v) is 5.49. The van der Waals surface area contributed by atoms with Crippen LogP contribution in [-0.4, -0.2) is 75.7 Å². The van der Waals surface area contributed by atoms with Crippen LogP contribution in [0.15, 0.2) is 182 Å². The number of carbonyl (C=O) groups excluding carboxylic acids is 8. The summed E-state index contributed by atoms with van der Waals surface area (Å²) < 4.78 is 0. The Hall–Kier alpha value is -9.51. The molecule has 0 unspecified atom stereocenters. The van der Waals surface area contributed by atoms with Gasteiger partial charge in [-0.1, -0.05) is 126 Å². The van der Waals surface area contributed by atoms with Gasteiger partial charge in [-0.25, -0.2) is 0 Å². The van der Waals surface area contributed by atoms with E-state index in [0.29, 0.717) is 77.7 Å². The van der Waals surface area contributed by atoms with Gasteiger partial charge in [-0.2, -0.15) is 0 Å². The third-order valence-corrected chi connectivity index (χ3v) is 10.6. The summed E-state index contributed by atoms with van der Waals surface area (Å²) in [6.07, 6.45) is 5.17. The predicted octanol–water partition coefficient (Wildman–Crippen LogP) is 9.70. The van der Waals surface area contributed by atoms with Crippen molar-refractivity contribution in [1.29, 1.82) is 10.8 Å². The number of benzene rings is 4. The molecule has 0 saturated heterocycles. The summed E-state index contributed by atoms with van der Waals surface area (Å²) in [6.45, 7) is 35.8. The lowest BCUT2D eigenvalue weighted by molar-refractivity contribution is -0.118. The number of aliphatic imine (C=N–C) groups is 1. The monoisotopic (exact) mass is 1110 g/mol. The van der Waals surface area contributed by atoms with Crippen LogP contribution < -0.4 is 28.7 Å². The van der Waals surface area contributed by atoms with Crippen LogP contribution in [0.4, 0.5) is 0 Å². The van der Waals surface area contributed by atoms with Gasteiger partial charge in [0.2, 0.25) is 5.91 Å². The number of amidine groups is 2. The molecular formula is C64H86N8O9. The Morgan fingerprint density at radius 1 is 0.531 bits per heavy atom. The van der Waals surface area contributed by atoms with Gasteiger partial charge in [0, 0.05) is 44.2 Å². The first-order valence-electron chi connectivity index (χ1n) is 24.8. The molecule has 17 nitrogen and oxygen atoms in total. The number of nitrogens with two attached hydrogens (primary N) is 5. The number of rotatable bonds is 23. The first kappa shape index (κ1) is 78.0. The van der Waals surface area contributed by atoms with E-state index >= 15 is 0 Å². The number of nitrogen functional groups attached to an aromatic ring is 1. The minimum absolute atomic E-state index is 0. The molecule has 0 spiro atoms. The third kappa shape index (κ3) is 41.3. The van der Waals surface area contributed by atoms with E-state index < -0.39 is 5.91 Å². The average molecular weight is 1110 g/mol. The number of fused-ring (bicyclic) bond motifs is 1. The summed E-state index contributed by atoms with van der Waals surface area (Å²) in [4.78, 5) is 88.3. The molecule has 4 aromatic rings. The number of nitrogens with one attached hydrogen (secondary N) is 2. The van der Waals surface area contributed by atoms with E-state index in [2.05, 4.69) is 75.3 Å². The molecule has 0 aliphatic rings. The molecule has 4 rings (SSSR count). The fraction of sp³-hybridized carbons (Fsp3) is 0.266. The Morgan fingerprint density at radius 2 is 0.963 bits per heavy atom. The second-order valence-electron chi connectivity index (χ2n) is 17.8. The SMILES string of the molecule is C.C=C(CC(=N)N)C(C)=O.C=C(CCC(N)=O)C(C)=O.C=C(CCCN=C(N)N)C(C)=O.C=C(Cc1ccc(O)cc1)C(C)=O.C=C(Cc1cccc(C(=N)N)c1)C(C)=O.C=C(Cc1cccc2ccccc12)C(C)=O.C=CC(C)=O. The molecule has 13 N–H and O–H groups in total. The number of phenolic OH excluding ortho intramolecular Hbond substituents is 1. The van der Waals surface area contributed by atoms with E-state index in [0.717, 1.165) is 17.5 Å². The van der Waals surface area contributed by atoms with Crippen molar-refractivity contribution in [1.82, 2.24) is 0 Å². The number of guanidine groups is 1. The van der Waals surface area contributed by atoms with Gasteiger partial charge in [0.1, 0.15) is 11.6 Å². The lowest BCUT2D eigenvalue weighted by Crippen LogP contribution is -2.22. The number of allylic oxidation sites excluding steroid dienone is 6. The van der Waals surface area contributed by atoms with Gasteiger partial charge >= 0.3 is 0 Å². The summed E-state index contributed by atoms with van der Waals surface area (Å²) in [6, 6.07) is 28.4. The highest BCUT2D eigenvalue weighted by molar-refractivity contribution is 5.99. The number of hydrogen-bond donors (Lipinski definition) is 8. The molecule has 17 heteroatoms. The van der Waals surface area contributed by atoms with Gasteiger partial charge in [0.05, 0.1) is 5.84 Å². The van der Waals surface area contributed by atoms with Crippen LogP contribution in [0, 0.1) is 10.8 Å². The second kappa shape index (κ2) is 43.5. The van der Waals surface area contributed by atoms with Gasteiger partial charge in [0.25, 0.3) is 0 Å². The molecule has 0 saturated carbocycles. The summed E-state index contributed by atoms with van der Waals surface area (Å²) in [5.41, 5.74) is 32.5. The second-order valence-corrected chi connectivity index (χ2v) is 17.8. The zero-order valence-corrected chi connectivity index (χ0v) is 47.6. The molecule has 0 aromatic heterocycles. The van der Waals surface area contributed by atoms with Crippen LogP contribution in [0.2, 0.25) is 0 Å². The van der Waals surface area contributed by atoms with E-state index in [1.54, 1.807) is 43.3 Å². The van der Waals surface area contributed by atoms with Crippen molar-refractivity contribution in [2.75, 3.05) is 6.54 Å². The largest absolute Gasteiger partial charge is 0.508 e. The van der Waals surface area contributed by atoms with Gasteiger partial charge in [0.15, 0.2) is 46.4 Å². The number of phenols is 1. The maximum absolute atomic E-state index is 11.2. The van der Waals surface area contributed by atoms with E-state index in [9.17, 15) is 38.4 Å². The summed E-state index contributed by atoms with van der Waals surface area (Å²) in [5.74, 6) is -0.149. The molecule has 81 heavy (non-hydrogen) atoms. The molecule has 0 heterocycles. The Kier molecular flexibility index (Phi) is 41.9. The Morgan fingerprint density at radius 3 is 1.38 bits per heavy atom. The molecular weight excluding hydrogens is 1020 g/mol. The van der Waals surface area contributed by atoms with Crippen molar-refractivity contribution < 1.29 is 43.5 Å². The van der Waals surface area contributed by atoms with E-state index in [1.165, 1.54) is 64.0 Å². The first-order valence-corrected chi connectivity index (χ1v) is 24.8. The van der Waals surface area contributed by atoms with Crippen molar-refractivity contribution in [3.63, 3.8) is 0 Å². The maximum Gasteiger partial charge on any atom is 0.217 e. The van der Waals surface area contributed by atoms with Crippen molar-refractivity contribution in [2.45, 2.75) is 107 Å². The Balaban J connectivity index is -0.000000435. The van der Waals surface area contributed by atoms with Gasteiger partial charge in [-0.15, -0.1) is 0 Å². The first-order chi connectivity index (χ1) is 37.2. The van der Waals surface area contributed by atoms with Crippen LogP contribution in [0.1, 0.15) is 110 Å². The van der Waals surface area contributed by atoms with Crippen LogP contribution >= 0.6 is 0 Å². The van der Waals surface area contributed by atoms with Crippen LogP contribution in [0.5, 0.6) is 5.75 Å². The number of amides is 1. The molecule has 0 radical (unpaired) electrons. The van der Waals surface area contributed by atoms with Crippen LogP contribution in [0.25, 0.3) is 10.8 Å². The minimum atomic E-state index is -0.401. The highest BCUT2D eigenvalue weighted by atomic mass is 16.3. The summed E-state index contributed by atoms with van der Waals surface area (Å²) >= 11 is 0. The van der Waals surface area contributed by atoms with Gasteiger partial charge < -0.3 is 33.8 Å². The number of hydrogen-bond acceptors (Lipinski definition) is 12. The lowest BCUT2D eigenvalue weighted by Gasteiger charge is -2.06. The Bertz CT molecular complexity index is 2940. The topological polar surface area (TPSA) is 347 Å². The minimum Gasteiger partial charge on any atom is -0.508 e. The zero-order chi connectivity index (χ0) is 62.2. The molecule has 0 fully saturated rings. The van der Waals surface area contributed by atoms with Crippen molar-refractivity contribution in [3.8, 4) is 5.75 Å². The lowest BCUT2D eigenvalue weighted by atomic mass is 9.98. The number of Topliss-reactive ketones (excluding diaryl/α,β-unsaturated/α-hetero) is 6. The number of primary amides is 1. The van der Waals surface area contributed by atoms with Gasteiger partial charge in [-0.05, 0) is 153 Å². The normalized spacial score (nSPS) is 9.17. The molecule has 4 aromatic carbocycles. The number of ketones is 7. The zero-order valence-electron chi connectivity index (χ0n) is 47.6. The predicted molar refractivity (Wildman–Crippen MR) is 332 cm³/mol. The van der Waals surface area contributed by atoms with Crippen LogP contribution in [0.3, 0.4) is 0 Å². The fourth-order valence-electron chi connectivity index (χ4n) is 5.49. The van der Waals surface area contributed by atoms with E-state index in [-0.39, 0.29) is 84.1 Å². The van der Waals surface area contributed by atoms with Crippen molar-refractivity contribution in [3.05, 3.63) is 199 Å². The van der Waals surface area contributed by atoms with Crippen molar-refractivity contribution in [2.24, 2.45) is 33.7 Å². The number of aromatic hydroxyl groups is 1. The number of nitrogens with zero attached hydrogens (tertiary/aromatic N) is 1. The maximum atomic E-state index is 11.2. The van der Waals surface area contributed by atoms with E-state index in [1.807, 2.05) is 30.3 Å². The molecule has 436 valence electrons. The van der Waals surface area contributed by atoms with Crippen molar-refractivity contribution >= 4 is 74.8 Å². The molecule has 0 atom stereocenters. The summed E-state index contributed by atoms with van der Waals surface area (Å²) in [5, 5.41) is 25.5. The van der Waals surface area contributed by atoms with Crippen LogP contribution in [-0.2, 0) is 57.6 Å². The molecule has 0 aliphatic carbocycles. The smallest absolute Gasteiger partial charge is 0.217 e. The molecule has 0 bridgehead atoms. The Labute approximate surface area is 479 Å². The number of carbonyl (C=O) groups is 8. The quantitative estimate of drug-likeness (QED) is 0.0149. The standard InChI is InChI=1S/C15H14O.C12H14N2O.C11H12O2.C8H15N3O.C7H11NO2.C6H10N2O.C4H6O.CH4/c1-11(12(2)16)10-14-8-5-7-13-6-3-4-9-15(13)14;1-8(9(2)15)6-10-4-3-5-11(7-10)12(13)14;1-8(9(2)12)7-10-3-5-11(13)6-4-10;1-6(7(2)12)4-3-5-11-8(9)10;1-5(6(2)9)3-4-7(8)10;1-4(5(2)9)3-6(7)8;1-3-4(2)5;/h3-9H,1,10H2,2H3;3-5,7H,1,6H2,2H3,(H3,13,14);3-6,13H,1,7H2,2H3;1,3-5H2,2H3,(H4,9,10,11);1,3-4H2,2H3,(H2,8,10);1,3H2,2H3,(H3,7,8);3H,1H2,2H3;1H4. The third-order valence-electron chi connectivity index (χ3n) is 10.6. The molecule has 1 amide bonds. The summed E-state index contributed by atoms with van der Waals surface area (Å²) in [7, 11) is 0.